The standard InChI is InChI=1S/C33H31N3O3S/c1-21-11-16-27(22(2)17-21)35-30(38)20-40-33-26(18-34)31(32-28(36-33)9-6-10-29(32)37)24-12-14-25(15-13-24)39-19-23-7-4-3-5-8-23/h3-5,7-8,11-17,31,36H,6,9-10,19-20H2,1-2H3,(H,35,38)/t31-/m0/s1. The zero-order valence-electron chi connectivity index (χ0n) is 22.6. The lowest BCUT2D eigenvalue weighted by Gasteiger charge is -2.33. The summed E-state index contributed by atoms with van der Waals surface area (Å²) in [6.07, 6.45) is 1.96. The number of dihydropyridines is 1. The van der Waals surface area contributed by atoms with Crippen LogP contribution in [0.1, 0.15) is 47.4 Å². The Kier molecular flexibility index (Phi) is 8.37. The van der Waals surface area contributed by atoms with Crippen LogP contribution in [0, 0.1) is 25.2 Å². The average Bonchev–Trinajstić information content (AvgIpc) is 2.96. The Bertz CT molecular complexity index is 1540. The molecule has 3 aromatic carbocycles. The molecule has 0 aromatic heterocycles. The first kappa shape index (κ1) is 27.3. The fraction of sp³-hybridized carbons (Fsp3) is 0.242. The maximum atomic E-state index is 13.1. The van der Waals surface area contributed by atoms with Gasteiger partial charge in [0, 0.05) is 23.4 Å². The lowest BCUT2D eigenvalue weighted by molar-refractivity contribution is -0.116. The number of ketones is 1. The van der Waals surface area contributed by atoms with Crippen LogP contribution in [0.4, 0.5) is 5.69 Å². The molecule has 1 heterocycles. The van der Waals surface area contributed by atoms with Crippen LogP contribution in [0.5, 0.6) is 5.75 Å². The Balaban J connectivity index is 1.36. The van der Waals surface area contributed by atoms with Crippen molar-refractivity contribution in [3.8, 4) is 11.8 Å². The molecule has 5 rings (SSSR count). The van der Waals surface area contributed by atoms with E-state index in [1.807, 2.05) is 86.6 Å². The molecule has 2 N–H and O–H groups in total. The van der Waals surface area contributed by atoms with Gasteiger partial charge in [0.25, 0.3) is 0 Å². The van der Waals surface area contributed by atoms with Crippen molar-refractivity contribution in [2.75, 3.05) is 11.1 Å². The molecule has 0 saturated carbocycles. The molecule has 0 spiro atoms. The van der Waals surface area contributed by atoms with Crippen LogP contribution in [-0.2, 0) is 16.2 Å². The quantitative estimate of drug-likeness (QED) is 0.326. The largest absolute Gasteiger partial charge is 0.489 e. The van der Waals surface area contributed by atoms with Gasteiger partial charge in [-0.05, 0) is 61.6 Å². The van der Waals surface area contributed by atoms with E-state index in [0.29, 0.717) is 35.0 Å². The van der Waals surface area contributed by atoms with Crippen LogP contribution in [0.25, 0.3) is 0 Å². The first-order valence-corrected chi connectivity index (χ1v) is 14.4. The SMILES string of the molecule is Cc1ccc(NC(=O)CSC2=C(C#N)[C@H](c3ccc(OCc4ccccc4)cc3)C3=C(CCCC3=O)N2)c(C)c1. The van der Waals surface area contributed by atoms with Gasteiger partial charge >= 0.3 is 0 Å². The number of nitrogens with zero attached hydrogens (tertiary/aromatic N) is 1. The zero-order valence-corrected chi connectivity index (χ0v) is 23.4. The number of rotatable bonds is 8. The van der Waals surface area contributed by atoms with Crippen molar-refractivity contribution in [2.45, 2.75) is 45.6 Å². The molecule has 6 nitrogen and oxygen atoms in total. The molecule has 0 saturated heterocycles. The van der Waals surface area contributed by atoms with Crippen molar-refractivity contribution in [1.29, 1.82) is 5.26 Å². The van der Waals surface area contributed by atoms with E-state index in [0.717, 1.165) is 46.5 Å². The number of amides is 1. The van der Waals surface area contributed by atoms with Gasteiger partial charge in [-0.3, -0.25) is 9.59 Å². The van der Waals surface area contributed by atoms with Crippen LogP contribution in [0.2, 0.25) is 0 Å². The fourth-order valence-electron chi connectivity index (χ4n) is 5.15. The molecule has 0 fully saturated rings. The summed E-state index contributed by atoms with van der Waals surface area (Å²) in [6, 6.07) is 25.8. The summed E-state index contributed by atoms with van der Waals surface area (Å²) in [4.78, 5) is 25.9. The molecule has 202 valence electrons. The lowest BCUT2D eigenvalue weighted by Crippen LogP contribution is -2.31. The number of hydrogen-bond acceptors (Lipinski definition) is 6. The molecule has 7 heteroatoms. The minimum atomic E-state index is -0.484. The van der Waals surface area contributed by atoms with Crippen molar-refractivity contribution in [3.63, 3.8) is 0 Å². The molecule has 0 bridgehead atoms. The number of thioether (sulfide) groups is 1. The Morgan fingerprint density at radius 2 is 1.85 bits per heavy atom. The summed E-state index contributed by atoms with van der Waals surface area (Å²) in [6.45, 7) is 4.43. The molecular formula is C33H31N3O3S. The summed E-state index contributed by atoms with van der Waals surface area (Å²) in [5.41, 5.74) is 6.79. The van der Waals surface area contributed by atoms with E-state index in [4.69, 9.17) is 4.74 Å². The number of Topliss-reactive ketones (excluding diaryl/α,β-unsaturated/α-hetero) is 1. The van der Waals surface area contributed by atoms with Crippen LogP contribution >= 0.6 is 11.8 Å². The number of benzene rings is 3. The number of nitriles is 1. The number of aryl methyl sites for hydroxylation is 2. The van der Waals surface area contributed by atoms with Crippen molar-refractivity contribution in [3.05, 3.63) is 117 Å². The first-order valence-electron chi connectivity index (χ1n) is 13.4. The van der Waals surface area contributed by atoms with E-state index in [2.05, 4.69) is 16.7 Å². The highest BCUT2D eigenvalue weighted by Gasteiger charge is 2.37. The van der Waals surface area contributed by atoms with Gasteiger partial charge in [0.2, 0.25) is 5.91 Å². The summed E-state index contributed by atoms with van der Waals surface area (Å²) in [5, 5.41) is 17.2. The molecule has 0 radical (unpaired) electrons. The van der Waals surface area contributed by atoms with E-state index in [9.17, 15) is 14.9 Å². The van der Waals surface area contributed by atoms with Crippen molar-refractivity contribution >= 4 is 29.1 Å². The second-order valence-electron chi connectivity index (χ2n) is 10.1. The van der Waals surface area contributed by atoms with Crippen LogP contribution in [-0.4, -0.2) is 17.4 Å². The van der Waals surface area contributed by atoms with Gasteiger partial charge in [-0.25, -0.2) is 0 Å². The van der Waals surface area contributed by atoms with E-state index in [1.165, 1.54) is 11.8 Å². The van der Waals surface area contributed by atoms with E-state index in [1.54, 1.807) is 0 Å². The monoisotopic (exact) mass is 549 g/mol. The number of anilines is 1. The van der Waals surface area contributed by atoms with Crippen LogP contribution in [0.15, 0.2) is 94.7 Å². The highest BCUT2D eigenvalue weighted by atomic mass is 32.2. The molecule has 1 amide bonds. The molecule has 1 atom stereocenters. The summed E-state index contributed by atoms with van der Waals surface area (Å²) in [7, 11) is 0. The fourth-order valence-corrected chi connectivity index (χ4v) is 6.01. The zero-order chi connectivity index (χ0) is 28.1. The van der Waals surface area contributed by atoms with Gasteiger partial charge in [0.1, 0.15) is 12.4 Å². The molecule has 0 unspecified atom stereocenters. The maximum absolute atomic E-state index is 13.1. The highest BCUT2D eigenvalue weighted by Crippen LogP contribution is 2.44. The van der Waals surface area contributed by atoms with Crippen molar-refractivity contribution in [2.24, 2.45) is 0 Å². The van der Waals surface area contributed by atoms with E-state index in [-0.39, 0.29) is 17.4 Å². The number of carbonyl (C=O) groups excluding carboxylic acids is 2. The molecule has 40 heavy (non-hydrogen) atoms. The smallest absolute Gasteiger partial charge is 0.234 e. The lowest BCUT2D eigenvalue weighted by atomic mass is 9.77. The third-order valence-electron chi connectivity index (χ3n) is 7.13. The minimum absolute atomic E-state index is 0.0625. The third-order valence-corrected chi connectivity index (χ3v) is 8.15. The van der Waals surface area contributed by atoms with Gasteiger partial charge in [0.15, 0.2) is 5.78 Å². The van der Waals surface area contributed by atoms with Gasteiger partial charge in [-0.2, -0.15) is 5.26 Å². The predicted octanol–water partition coefficient (Wildman–Crippen LogP) is 6.68. The second kappa shape index (κ2) is 12.3. The summed E-state index contributed by atoms with van der Waals surface area (Å²) >= 11 is 1.29. The molecular weight excluding hydrogens is 518 g/mol. The number of allylic oxidation sites excluding steroid dienone is 3. The maximum Gasteiger partial charge on any atom is 0.234 e. The molecule has 2 aliphatic rings. The third kappa shape index (κ3) is 6.13. The van der Waals surface area contributed by atoms with Crippen LogP contribution < -0.4 is 15.4 Å². The Labute approximate surface area is 239 Å². The van der Waals surface area contributed by atoms with Crippen LogP contribution in [0.3, 0.4) is 0 Å². The Hall–Kier alpha value is -4.28. The summed E-state index contributed by atoms with van der Waals surface area (Å²) in [5.74, 6) is 0.274. The number of carbonyl (C=O) groups is 2. The Morgan fingerprint density at radius 3 is 2.58 bits per heavy atom. The number of nitrogens with one attached hydrogen (secondary N) is 2. The van der Waals surface area contributed by atoms with Gasteiger partial charge in [0.05, 0.1) is 28.3 Å². The number of hydrogen-bond donors (Lipinski definition) is 2. The van der Waals surface area contributed by atoms with Crippen molar-refractivity contribution < 1.29 is 14.3 Å². The minimum Gasteiger partial charge on any atom is -0.489 e. The normalized spacial score (nSPS) is 16.6. The molecule has 1 aliphatic heterocycles. The second-order valence-corrected chi connectivity index (χ2v) is 11.1. The average molecular weight is 550 g/mol. The Morgan fingerprint density at radius 1 is 1.07 bits per heavy atom. The van der Waals surface area contributed by atoms with Crippen molar-refractivity contribution in [1.82, 2.24) is 5.32 Å². The first-order chi connectivity index (χ1) is 19.4. The van der Waals surface area contributed by atoms with E-state index >= 15 is 0 Å². The number of ether oxygens (including phenoxy) is 1. The molecule has 1 aliphatic carbocycles. The van der Waals surface area contributed by atoms with E-state index < -0.39 is 5.92 Å². The van der Waals surface area contributed by atoms with Gasteiger partial charge in [-0.1, -0.05) is 71.9 Å². The highest BCUT2D eigenvalue weighted by molar-refractivity contribution is 8.03. The topological polar surface area (TPSA) is 91.2 Å². The summed E-state index contributed by atoms with van der Waals surface area (Å²) < 4.78 is 5.95. The van der Waals surface area contributed by atoms with Gasteiger partial charge < -0.3 is 15.4 Å². The molecule has 3 aromatic rings. The predicted molar refractivity (Wildman–Crippen MR) is 159 cm³/mol. The van der Waals surface area contributed by atoms with Gasteiger partial charge in [-0.15, -0.1) is 0 Å².